The summed E-state index contributed by atoms with van der Waals surface area (Å²) >= 11 is 0. The molecule has 0 amide bonds. The highest BCUT2D eigenvalue weighted by Gasteiger charge is 2.18. The molecule has 1 aliphatic carbocycles. The van der Waals surface area contributed by atoms with Crippen molar-refractivity contribution < 1.29 is 16.8 Å². The van der Waals surface area contributed by atoms with Crippen LogP contribution in [0.25, 0.3) is 11.2 Å². The predicted octanol–water partition coefficient (Wildman–Crippen LogP) is 3.44. The number of sulfone groups is 1. The molecule has 0 radical (unpaired) electrons. The summed E-state index contributed by atoms with van der Waals surface area (Å²) in [6.45, 7) is 0. The number of benzene rings is 1. The first-order chi connectivity index (χ1) is 14.2. The molecule has 4 rings (SSSR count). The third kappa shape index (κ3) is 4.07. The molecule has 2 aromatic heterocycles. The average molecular weight is 442 g/mol. The molecule has 7 nitrogen and oxygen atoms in total. The van der Waals surface area contributed by atoms with Crippen molar-refractivity contribution in [3.8, 4) is 0 Å². The number of anilines is 1. The summed E-state index contributed by atoms with van der Waals surface area (Å²) in [5, 5.41) is 0. The van der Waals surface area contributed by atoms with Crippen LogP contribution in [0.15, 0.2) is 89.0 Å². The molecule has 0 atom stereocenters. The predicted molar refractivity (Wildman–Crippen MR) is 116 cm³/mol. The minimum atomic E-state index is -3.92. The van der Waals surface area contributed by atoms with Crippen molar-refractivity contribution in [2.45, 2.75) is 16.2 Å². The van der Waals surface area contributed by atoms with Gasteiger partial charge in [0.2, 0.25) is 0 Å². The zero-order valence-corrected chi connectivity index (χ0v) is 17.7. The van der Waals surface area contributed by atoms with E-state index in [4.69, 9.17) is 0 Å². The molecule has 0 bridgehead atoms. The standard InChI is InChI=1S/C21H19N3O4S2/c1-29(25,26)18-8-10-19(11-9-18)30(27,28)23-20-12-13-22-21-14-17(15-24(20)21)16-6-4-2-3-5-7-16/h2-4,6-15,23H,5H2,1H3. The molecule has 2 heterocycles. The average Bonchev–Trinajstić information content (AvgIpc) is 2.95. The van der Waals surface area contributed by atoms with Crippen LogP contribution in [0.2, 0.25) is 0 Å². The molecule has 0 saturated heterocycles. The van der Waals surface area contributed by atoms with E-state index in [1.54, 1.807) is 10.5 Å². The molecule has 0 aliphatic heterocycles. The van der Waals surface area contributed by atoms with Crippen molar-refractivity contribution in [3.63, 3.8) is 0 Å². The number of allylic oxidation sites excluding steroid dienone is 6. The summed E-state index contributed by atoms with van der Waals surface area (Å²) in [7, 11) is -7.33. The minimum Gasteiger partial charge on any atom is -0.286 e. The molecule has 3 aromatic rings. The number of aromatic nitrogens is 2. The van der Waals surface area contributed by atoms with Crippen LogP contribution >= 0.6 is 0 Å². The first-order valence-electron chi connectivity index (χ1n) is 9.08. The van der Waals surface area contributed by atoms with E-state index in [2.05, 4.69) is 15.8 Å². The maximum Gasteiger partial charge on any atom is 0.263 e. The van der Waals surface area contributed by atoms with Crippen LogP contribution in [0.4, 0.5) is 5.82 Å². The van der Waals surface area contributed by atoms with Crippen molar-refractivity contribution in [2.75, 3.05) is 11.0 Å². The zero-order valence-electron chi connectivity index (χ0n) is 16.1. The van der Waals surface area contributed by atoms with Gasteiger partial charge in [-0.25, -0.2) is 21.8 Å². The van der Waals surface area contributed by atoms with Gasteiger partial charge >= 0.3 is 0 Å². The lowest BCUT2D eigenvalue weighted by molar-refractivity contribution is 0.597. The second kappa shape index (κ2) is 7.58. The Labute approximate surface area is 175 Å². The Morgan fingerprint density at radius 2 is 1.73 bits per heavy atom. The van der Waals surface area contributed by atoms with E-state index in [1.165, 1.54) is 30.5 Å². The van der Waals surface area contributed by atoms with Crippen LogP contribution in [-0.4, -0.2) is 32.5 Å². The summed E-state index contributed by atoms with van der Waals surface area (Å²) in [6.07, 6.45) is 15.3. The van der Waals surface area contributed by atoms with Crippen LogP contribution in [0, 0.1) is 0 Å². The Morgan fingerprint density at radius 3 is 2.47 bits per heavy atom. The normalized spacial score (nSPS) is 14.5. The van der Waals surface area contributed by atoms with E-state index in [1.807, 2.05) is 36.6 Å². The zero-order chi connectivity index (χ0) is 21.4. The fourth-order valence-electron chi connectivity index (χ4n) is 3.11. The molecule has 0 saturated carbocycles. The first-order valence-corrected chi connectivity index (χ1v) is 12.5. The molecular weight excluding hydrogens is 422 g/mol. The van der Waals surface area contributed by atoms with Gasteiger partial charge in [-0.2, -0.15) is 0 Å². The van der Waals surface area contributed by atoms with Crippen molar-refractivity contribution >= 4 is 36.9 Å². The second-order valence-corrected chi connectivity index (χ2v) is 10.5. The van der Waals surface area contributed by atoms with Gasteiger partial charge in [0.05, 0.1) is 9.79 Å². The Morgan fingerprint density at radius 1 is 1.00 bits per heavy atom. The van der Waals surface area contributed by atoms with Crippen LogP contribution < -0.4 is 4.72 Å². The Kier molecular flexibility index (Phi) is 5.08. The summed E-state index contributed by atoms with van der Waals surface area (Å²) in [4.78, 5) is 4.34. The number of sulfonamides is 1. The minimum absolute atomic E-state index is 0.0345. The lowest BCUT2D eigenvalue weighted by atomic mass is 10.1. The van der Waals surface area contributed by atoms with E-state index in [0.717, 1.165) is 23.8 Å². The van der Waals surface area contributed by atoms with Gasteiger partial charge in [-0.3, -0.25) is 9.12 Å². The molecule has 0 unspecified atom stereocenters. The van der Waals surface area contributed by atoms with Gasteiger partial charge in [0.1, 0.15) is 11.5 Å². The number of fused-ring (bicyclic) bond motifs is 1. The topological polar surface area (TPSA) is 97.6 Å². The fraction of sp³-hybridized carbons (Fsp3) is 0.0952. The van der Waals surface area contributed by atoms with Gasteiger partial charge in [0.25, 0.3) is 10.0 Å². The lowest BCUT2D eigenvalue weighted by Gasteiger charge is -2.10. The highest BCUT2D eigenvalue weighted by Crippen LogP contribution is 2.25. The summed E-state index contributed by atoms with van der Waals surface area (Å²) in [6, 6.07) is 8.55. The van der Waals surface area contributed by atoms with E-state index < -0.39 is 19.9 Å². The third-order valence-corrected chi connectivity index (χ3v) is 7.13. The van der Waals surface area contributed by atoms with Gasteiger partial charge in [-0.05, 0) is 48.4 Å². The second-order valence-electron chi connectivity index (χ2n) is 6.82. The molecule has 154 valence electrons. The smallest absolute Gasteiger partial charge is 0.263 e. The largest absolute Gasteiger partial charge is 0.286 e. The van der Waals surface area contributed by atoms with E-state index in [9.17, 15) is 16.8 Å². The van der Waals surface area contributed by atoms with Crippen molar-refractivity contribution in [1.82, 2.24) is 9.38 Å². The SMILES string of the molecule is CS(=O)(=O)c1ccc(S(=O)(=O)Nc2ccnc3cc(C4=CCC=CC=C4)cn23)cc1. The highest BCUT2D eigenvalue weighted by atomic mass is 32.2. The molecule has 0 spiro atoms. The third-order valence-electron chi connectivity index (χ3n) is 4.63. The number of nitrogens with one attached hydrogen (secondary N) is 1. The van der Waals surface area contributed by atoms with Crippen LogP contribution in [-0.2, 0) is 19.9 Å². The Balaban J connectivity index is 1.69. The van der Waals surface area contributed by atoms with Gasteiger partial charge in [0, 0.05) is 24.2 Å². The van der Waals surface area contributed by atoms with Crippen molar-refractivity contribution in [2.24, 2.45) is 0 Å². The highest BCUT2D eigenvalue weighted by molar-refractivity contribution is 7.92. The van der Waals surface area contributed by atoms with E-state index in [0.29, 0.717) is 11.5 Å². The maximum atomic E-state index is 12.8. The summed E-state index contributed by atoms with van der Waals surface area (Å²) in [5.41, 5.74) is 2.55. The monoisotopic (exact) mass is 441 g/mol. The number of hydrogen-bond acceptors (Lipinski definition) is 5. The summed E-state index contributed by atoms with van der Waals surface area (Å²) < 4.78 is 53.1. The lowest BCUT2D eigenvalue weighted by Crippen LogP contribution is -2.15. The number of rotatable bonds is 5. The number of nitrogens with zero attached hydrogens (tertiary/aromatic N) is 2. The first kappa shape index (κ1) is 20.1. The summed E-state index contributed by atoms with van der Waals surface area (Å²) in [5.74, 6) is 0.328. The maximum absolute atomic E-state index is 12.8. The van der Waals surface area contributed by atoms with Gasteiger partial charge in [-0.1, -0.05) is 30.4 Å². The molecule has 9 heteroatoms. The van der Waals surface area contributed by atoms with E-state index in [-0.39, 0.29) is 9.79 Å². The van der Waals surface area contributed by atoms with Crippen LogP contribution in [0.5, 0.6) is 0 Å². The quantitative estimate of drug-likeness (QED) is 0.654. The van der Waals surface area contributed by atoms with Crippen molar-refractivity contribution in [3.05, 3.63) is 84.7 Å². The van der Waals surface area contributed by atoms with Gasteiger partial charge in [-0.15, -0.1) is 0 Å². The molecule has 1 aromatic carbocycles. The molecule has 1 N–H and O–H groups in total. The Bertz CT molecular complexity index is 1410. The van der Waals surface area contributed by atoms with Gasteiger partial charge in [0.15, 0.2) is 9.84 Å². The fourth-order valence-corrected chi connectivity index (χ4v) is 4.79. The van der Waals surface area contributed by atoms with Crippen molar-refractivity contribution in [1.29, 1.82) is 0 Å². The Hall–Kier alpha value is -3.17. The van der Waals surface area contributed by atoms with Crippen LogP contribution in [0.3, 0.4) is 0 Å². The molecule has 0 fully saturated rings. The van der Waals surface area contributed by atoms with Gasteiger partial charge < -0.3 is 0 Å². The van der Waals surface area contributed by atoms with E-state index >= 15 is 0 Å². The number of hydrogen-bond donors (Lipinski definition) is 1. The molecule has 30 heavy (non-hydrogen) atoms. The molecule has 1 aliphatic rings. The molecular formula is C21H19N3O4S2. The van der Waals surface area contributed by atoms with Crippen LogP contribution in [0.1, 0.15) is 12.0 Å².